The van der Waals surface area contributed by atoms with Gasteiger partial charge < -0.3 is 5.48 Å². The number of hydrogen-bond acceptors (Lipinski definition) is 0. The van der Waals surface area contributed by atoms with E-state index in [2.05, 4.69) is 0 Å². The zero-order valence-electron chi connectivity index (χ0n) is 0.500. The monoisotopic (exact) mass is 118 g/mol. The van der Waals surface area contributed by atoms with Gasteiger partial charge in [0.25, 0.3) is 0 Å². The van der Waals surface area contributed by atoms with Crippen molar-refractivity contribution in [2.45, 2.75) is 0 Å². The Labute approximate surface area is 76.0 Å². The fourth-order valence-corrected chi connectivity index (χ4v) is 0. The Morgan fingerprint density at radius 3 is 1.00 bits per heavy atom. The SMILES string of the molecule is O.[CaH2].[MgH2].[SiH4]. The fourth-order valence-electron chi connectivity index (χ4n) is 0. The molecule has 24 valence electrons. The molecule has 4 heteroatoms. The Morgan fingerprint density at radius 1 is 1.00 bits per heavy atom. The summed E-state index contributed by atoms with van der Waals surface area (Å²) in [6.45, 7) is 0. The van der Waals surface area contributed by atoms with Gasteiger partial charge in [0.1, 0.15) is 0 Å². The van der Waals surface area contributed by atoms with Gasteiger partial charge in [-0.25, -0.2) is 0 Å². The molecule has 0 aromatic carbocycles. The van der Waals surface area contributed by atoms with Crippen LogP contribution in [0.4, 0.5) is 0 Å². The van der Waals surface area contributed by atoms with Gasteiger partial charge in [-0.3, -0.25) is 0 Å². The molecule has 1 nitrogen and oxygen atoms in total. The molecule has 4 heavy (non-hydrogen) atoms. The molecule has 0 aromatic rings. The van der Waals surface area contributed by atoms with Crippen molar-refractivity contribution in [3.05, 3.63) is 0 Å². The van der Waals surface area contributed by atoms with Crippen LogP contribution in [0.1, 0.15) is 0 Å². The molecule has 0 fully saturated rings. The van der Waals surface area contributed by atoms with Crippen LogP contribution in [-0.4, -0.2) is 77.2 Å². The molecule has 0 heterocycles. The fraction of sp³-hybridized carbons (Fsp3) is 0. The van der Waals surface area contributed by atoms with E-state index >= 15 is 0 Å². The summed E-state index contributed by atoms with van der Waals surface area (Å²) in [4.78, 5) is 0. The third-order valence-electron chi connectivity index (χ3n) is 0. The van der Waals surface area contributed by atoms with Gasteiger partial charge in [0.05, 0.1) is 0 Å². The maximum atomic E-state index is 0. The smallest absolute Gasteiger partial charge is 0.0149 e. The minimum absolute atomic E-state index is 0. The van der Waals surface area contributed by atoms with Crippen molar-refractivity contribution in [1.29, 1.82) is 0 Å². The summed E-state index contributed by atoms with van der Waals surface area (Å²) in [5.74, 6) is 0. The molecule has 0 atom stereocenters. The number of rotatable bonds is 0. The van der Waals surface area contributed by atoms with Gasteiger partial charge in [0.2, 0.25) is 0 Å². The van der Waals surface area contributed by atoms with Gasteiger partial charge >= 0.3 is 60.8 Å². The van der Waals surface area contributed by atoms with E-state index in [9.17, 15) is 0 Å². The zero-order chi connectivity index (χ0) is 0. The summed E-state index contributed by atoms with van der Waals surface area (Å²) in [5.41, 5.74) is 0. The molecule has 0 aliphatic heterocycles. The van der Waals surface area contributed by atoms with Crippen molar-refractivity contribution >= 4 is 71.8 Å². The molecule has 0 aliphatic rings. The molecule has 0 aliphatic carbocycles. The summed E-state index contributed by atoms with van der Waals surface area (Å²) >= 11 is 0. The van der Waals surface area contributed by atoms with E-state index in [1.807, 2.05) is 0 Å². The van der Waals surface area contributed by atoms with Crippen LogP contribution in [0.15, 0.2) is 0 Å². The van der Waals surface area contributed by atoms with E-state index in [0.29, 0.717) is 0 Å². The van der Waals surface area contributed by atoms with Crippen LogP contribution in [-0.2, 0) is 0 Å². The minimum atomic E-state index is 0. The van der Waals surface area contributed by atoms with E-state index in [0.717, 1.165) is 0 Å². The van der Waals surface area contributed by atoms with Crippen molar-refractivity contribution in [1.82, 2.24) is 0 Å². The van der Waals surface area contributed by atoms with Crippen molar-refractivity contribution in [3.8, 4) is 0 Å². The van der Waals surface area contributed by atoms with E-state index in [-0.39, 0.29) is 77.2 Å². The molecule has 0 bridgehead atoms. The van der Waals surface area contributed by atoms with E-state index in [1.54, 1.807) is 0 Å². The van der Waals surface area contributed by atoms with Crippen LogP contribution in [0.25, 0.3) is 0 Å². The van der Waals surface area contributed by atoms with Crippen molar-refractivity contribution in [2.24, 2.45) is 0 Å². The summed E-state index contributed by atoms with van der Waals surface area (Å²) < 4.78 is 0. The zero-order valence-corrected chi connectivity index (χ0v) is 0.500. The van der Waals surface area contributed by atoms with Gasteiger partial charge in [-0.1, -0.05) is 0 Å². The Bertz CT molecular complexity index is 8.00. The Kier molecular flexibility index (Phi) is 164. The molecule has 2 N–H and O–H groups in total. The normalized spacial score (nSPS) is 0. The Hall–Kier alpha value is 2.20. The first-order chi connectivity index (χ1) is 0. The summed E-state index contributed by atoms with van der Waals surface area (Å²) in [7, 11) is 0. The van der Waals surface area contributed by atoms with E-state index in [4.69, 9.17) is 0 Å². The predicted octanol–water partition coefficient (Wildman–Crippen LogP) is -4.11. The first kappa shape index (κ1) is 34.6. The molecule has 0 rings (SSSR count). The third kappa shape index (κ3) is 8.88. The predicted molar refractivity (Wildman–Crippen MR) is 32.0 cm³/mol. The molecular weight excluding hydrogens is 108 g/mol. The first-order valence-electron chi connectivity index (χ1n) is 0. The molecule has 0 unspecified atom stereocenters. The Morgan fingerprint density at radius 2 is 1.00 bits per heavy atom. The van der Waals surface area contributed by atoms with Gasteiger partial charge in [0.15, 0.2) is 0 Å². The second kappa shape index (κ2) is 18.9. The summed E-state index contributed by atoms with van der Waals surface area (Å²) in [6, 6.07) is 0. The molecular formula is H10CaMgOSi. The third-order valence-corrected chi connectivity index (χ3v) is 0. The topological polar surface area (TPSA) is 31.5 Å². The minimum Gasteiger partial charge on any atom is -0.0149 e. The van der Waals surface area contributed by atoms with Crippen LogP contribution < -0.4 is 0 Å². The quantitative estimate of drug-likeness (QED) is 0.290. The van der Waals surface area contributed by atoms with Crippen LogP contribution in [0.2, 0.25) is 0 Å². The van der Waals surface area contributed by atoms with Gasteiger partial charge in [-0.15, -0.1) is 0 Å². The molecule has 0 spiro atoms. The maximum Gasteiger partial charge on any atom is 0.316 e. The van der Waals surface area contributed by atoms with Crippen LogP contribution in [0.5, 0.6) is 0 Å². The standard InChI is InChI=1S/Ca.Mg.H2O.H4Si.4H/h;;1H2;1H4;;;;. The van der Waals surface area contributed by atoms with E-state index in [1.165, 1.54) is 0 Å². The Balaban J connectivity index is 0. The van der Waals surface area contributed by atoms with E-state index < -0.39 is 0 Å². The van der Waals surface area contributed by atoms with Crippen LogP contribution in [0, 0.1) is 0 Å². The van der Waals surface area contributed by atoms with Crippen molar-refractivity contribution in [2.75, 3.05) is 0 Å². The van der Waals surface area contributed by atoms with Gasteiger partial charge in [-0.2, -0.15) is 0 Å². The molecule has 0 radical (unpaired) electrons. The maximum absolute atomic E-state index is 0. The van der Waals surface area contributed by atoms with Crippen LogP contribution >= 0.6 is 0 Å². The average molecular weight is 119 g/mol. The number of hydrogen-bond donors (Lipinski definition) is 0. The average Bonchev–Trinajstić information content (AvgIpc) is 0. The molecule has 0 aromatic heterocycles. The summed E-state index contributed by atoms with van der Waals surface area (Å²) in [6.07, 6.45) is 0. The molecule has 0 saturated carbocycles. The van der Waals surface area contributed by atoms with Crippen molar-refractivity contribution < 1.29 is 5.48 Å². The van der Waals surface area contributed by atoms with Gasteiger partial charge in [0, 0.05) is 0 Å². The second-order valence-electron chi connectivity index (χ2n) is 0. The second-order valence-corrected chi connectivity index (χ2v) is 0. The first-order valence-corrected chi connectivity index (χ1v) is 0. The van der Waals surface area contributed by atoms with Crippen LogP contribution in [0.3, 0.4) is 0 Å². The molecule has 0 amide bonds. The van der Waals surface area contributed by atoms with Crippen molar-refractivity contribution in [3.63, 3.8) is 0 Å². The molecule has 0 saturated heterocycles. The largest absolute Gasteiger partial charge is 0.316 e. The summed E-state index contributed by atoms with van der Waals surface area (Å²) in [5, 5.41) is 0. The van der Waals surface area contributed by atoms with Gasteiger partial charge in [-0.05, 0) is 11.0 Å².